The van der Waals surface area contributed by atoms with Gasteiger partial charge in [-0.1, -0.05) is 25.8 Å². The third-order valence-electron chi connectivity index (χ3n) is 2.54. The third-order valence-corrected chi connectivity index (χ3v) is 2.54. The predicted molar refractivity (Wildman–Crippen MR) is 50.6 cm³/mol. The molecule has 0 bridgehead atoms. The Morgan fingerprint density at radius 2 is 2.42 bits per heavy atom. The molecule has 0 aliphatic carbocycles. The van der Waals surface area contributed by atoms with E-state index in [4.69, 9.17) is 11.2 Å². The van der Waals surface area contributed by atoms with E-state index in [1.165, 1.54) is 0 Å². The Hall–Kier alpha value is -0.740. The predicted octanol–water partition coefficient (Wildman–Crippen LogP) is 2.24. The molecular formula is C11H16O. The summed E-state index contributed by atoms with van der Waals surface area (Å²) >= 11 is 0. The molecule has 1 fully saturated rings. The average Bonchev–Trinajstić information content (AvgIpc) is 2.45. The van der Waals surface area contributed by atoms with Crippen LogP contribution in [0.1, 0.15) is 20.3 Å². The Morgan fingerprint density at radius 1 is 1.75 bits per heavy atom. The van der Waals surface area contributed by atoms with Crippen molar-refractivity contribution < 1.29 is 4.74 Å². The second-order valence-corrected chi connectivity index (χ2v) is 3.56. The molecular weight excluding hydrogens is 148 g/mol. The van der Waals surface area contributed by atoms with Gasteiger partial charge in [-0.25, -0.2) is 0 Å². The fraction of sp³-hybridized carbons (Fsp3) is 0.636. The first-order valence-corrected chi connectivity index (χ1v) is 4.43. The number of hydrogen-bond acceptors (Lipinski definition) is 1. The minimum Gasteiger partial charge on any atom is -0.361 e. The summed E-state index contributed by atoms with van der Waals surface area (Å²) in [7, 11) is 0. The zero-order valence-electron chi connectivity index (χ0n) is 7.79. The molecule has 1 rings (SSSR count). The number of terminal acetylenes is 1. The van der Waals surface area contributed by atoms with Crippen LogP contribution in [0.15, 0.2) is 12.7 Å². The molecule has 0 spiro atoms. The summed E-state index contributed by atoms with van der Waals surface area (Å²) in [5, 5.41) is 0. The Balaban J connectivity index is 2.58. The van der Waals surface area contributed by atoms with Crippen molar-refractivity contribution in [1.82, 2.24) is 0 Å². The molecule has 0 aromatic heterocycles. The topological polar surface area (TPSA) is 9.23 Å². The summed E-state index contributed by atoms with van der Waals surface area (Å²) < 4.78 is 5.67. The van der Waals surface area contributed by atoms with Gasteiger partial charge in [-0.2, -0.15) is 0 Å². The number of hydrogen-bond donors (Lipinski definition) is 0. The van der Waals surface area contributed by atoms with Gasteiger partial charge in [0, 0.05) is 5.92 Å². The van der Waals surface area contributed by atoms with E-state index < -0.39 is 0 Å². The smallest absolute Gasteiger partial charge is 0.118 e. The Labute approximate surface area is 74.8 Å². The SMILES string of the molecule is C#CC1C[C@H](C)[C@H]([C@@H](C)C=C)O1. The second-order valence-electron chi connectivity index (χ2n) is 3.56. The van der Waals surface area contributed by atoms with E-state index in [1.807, 2.05) is 6.08 Å². The average molecular weight is 164 g/mol. The van der Waals surface area contributed by atoms with Gasteiger partial charge >= 0.3 is 0 Å². The van der Waals surface area contributed by atoms with Crippen LogP contribution in [-0.2, 0) is 4.74 Å². The van der Waals surface area contributed by atoms with E-state index in [9.17, 15) is 0 Å². The van der Waals surface area contributed by atoms with E-state index in [-0.39, 0.29) is 12.2 Å². The van der Waals surface area contributed by atoms with Crippen molar-refractivity contribution in [3.05, 3.63) is 12.7 Å². The van der Waals surface area contributed by atoms with Gasteiger partial charge in [-0.3, -0.25) is 0 Å². The van der Waals surface area contributed by atoms with Crippen LogP contribution in [0.2, 0.25) is 0 Å². The molecule has 0 aromatic carbocycles. The molecule has 0 aromatic rings. The van der Waals surface area contributed by atoms with E-state index in [0.717, 1.165) is 6.42 Å². The van der Waals surface area contributed by atoms with Crippen molar-refractivity contribution >= 4 is 0 Å². The van der Waals surface area contributed by atoms with E-state index >= 15 is 0 Å². The zero-order chi connectivity index (χ0) is 9.14. The summed E-state index contributed by atoms with van der Waals surface area (Å²) in [5.74, 6) is 3.60. The van der Waals surface area contributed by atoms with Crippen LogP contribution in [0, 0.1) is 24.2 Å². The van der Waals surface area contributed by atoms with Crippen molar-refractivity contribution in [1.29, 1.82) is 0 Å². The van der Waals surface area contributed by atoms with Gasteiger partial charge < -0.3 is 4.74 Å². The minimum absolute atomic E-state index is 0.0207. The molecule has 1 heterocycles. The van der Waals surface area contributed by atoms with Crippen molar-refractivity contribution in [2.24, 2.45) is 11.8 Å². The van der Waals surface area contributed by atoms with Gasteiger partial charge in [0.1, 0.15) is 6.10 Å². The molecule has 1 unspecified atom stereocenters. The maximum absolute atomic E-state index is 5.67. The summed E-state index contributed by atoms with van der Waals surface area (Å²) in [6.07, 6.45) is 8.50. The molecule has 0 saturated carbocycles. The van der Waals surface area contributed by atoms with Crippen LogP contribution < -0.4 is 0 Å². The summed E-state index contributed by atoms with van der Waals surface area (Å²) in [4.78, 5) is 0. The standard InChI is InChI=1S/C11H16O/c1-5-8(3)11-9(4)7-10(6-2)12-11/h2,5,8-11H,1,7H2,3-4H3/t8-,9-,10?,11-/m0/s1. The normalized spacial score (nSPS) is 37.2. The highest BCUT2D eigenvalue weighted by Crippen LogP contribution is 2.30. The highest BCUT2D eigenvalue weighted by molar-refractivity contribution is 5.02. The highest BCUT2D eigenvalue weighted by atomic mass is 16.5. The van der Waals surface area contributed by atoms with Crippen LogP contribution in [0.5, 0.6) is 0 Å². The van der Waals surface area contributed by atoms with E-state index in [2.05, 4.69) is 26.3 Å². The monoisotopic (exact) mass is 164 g/mol. The lowest BCUT2D eigenvalue weighted by Crippen LogP contribution is -2.21. The van der Waals surface area contributed by atoms with E-state index in [0.29, 0.717) is 11.8 Å². The largest absolute Gasteiger partial charge is 0.361 e. The van der Waals surface area contributed by atoms with E-state index in [1.54, 1.807) is 0 Å². The summed E-state index contributed by atoms with van der Waals surface area (Å²) in [6, 6.07) is 0. The fourth-order valence-corrected chi connectivity index (χ4v) is 1.73. The van der Waals surface area contributed by atoms with Gasteiger partial charge in [0.25, 0.3) is 0 Å². The van der Waals surface area contributed by atoms with Crippen molar-refractivity contribution in [3.8, 4) is 12.3 Å². The molecule has 1 aliphatic rings. The molecule has 12 heavy (non-hydrogen) atoms. The first-order chi connectivity index (χ1) is 5.69. The minimum atomic E-state index is 0.0207. The molecule has 0 N–H and O–H groups in total. The van der Waals surface area contributed by atoms with Gasteiger partial charge in [0.15, 0.2) is 0 Å². The van der Waals surface area contributed by atoms with Crippen LogP contribution in [0.3, 0.4) is 0 Å². The zero-order valence-corrected chi connectivity index (χ0v) is 7.79. The molecule has 1 saturated heterocycles. The molecule has 0 amide bonds. The lowest BCUT2D eigenvalue weighted by molar-refractivity contribution is 0.0402. The fourth-order valence-electron chi connectivity index (χ4n) is 1.73. The molecule has 1 heteroatoms. The maximum Gasteiger partial charge on any atom is 0.118 e. The number of ether oxygens (including phenoxy) is 1. The third kappa shape index (κ3) is 1.70. The first-order valence-electron chi connectivity index (χ1n) is 4.43. The van der Waals surface area contributed by atoms with Gasteiger partial charge in [0.05, 0.1) is 6.10 Å². The summed E-state index contributed by atoms with van der Waals surface area (Å²) in [6.45, 7) is 8.06. The maximum atomic E-state index is 5.67. The first kappa shape index (κ1) is 9.35. The second kappa shape index (κ2) is 3.78. The molecule has 66 valence electrons. The van der Waals surface area contributed by atoms with Crippen molar-refractivity contribution in [2.45, 2.75) is 32.5 Å². The van der Waals surface area contributed by atoms with Crippen LogP contribution in [0.4, 0.5) is 0 Å². The Bertz CT molecular complexity index is 202. The lowest BCUT2D eigenvalue weighted by Gasteiger charge is -2.18. The quantitative estimate of drug-likeness (QED) is 0.449. The molecule has 1 aliphatic heterocycles. The van der Waals surface area contributed by atoms with Gasteiger partial charge in [-0.15, -0.1) is 13.0 Å². The van der Waals surface area contributed by atoms with Gasteiger partial charge in [-0.05, 0) is 12.3 Å². The van der Waals surface area contributed by atoms with Crippen LogP contribution >= 0.6 is 0 Å². The lowest BCUT2D eigenvalue weighted by atomic mass is 9.93. The highest BCUT2D eigenvalue weighted by Gasteiger charge is 2.33. The van der Waals surface area contributed by atoms with Gasteiger partial charge in [0.2, 0.25) is 0 Å². The van der Waals surface area contributed by atoms with Crippen LogP contribution in [0.25, 0.3) is 0 Å². The molecule has 1 nitrogen and oxygen atoms in total. The van der Waals surface area contributed by atoms with Crippen molar-refractivity contribution in [3.63, 3.8) is 0 Å². The molecule has 4 atom stereocenters. The Morgan fingerprint density at radius 3 is 2.83 bits per heavy atom. The molecule has 0 radical (unpaired) electrons. The Kier molecular flexibility index (Phi) is 2.94. The van der Waals surface area contributed by atoms with Crippen molar-refractivity contribution in [2.75, 3.05) is 0 Å². The number of rotatable bonds is 2. The summed E-state index contributed by atoms with van der Waals surface area (Å²) in [5.41, 5.74) is 0. The van der Waals surface area contributed by atoms with Crippen LogP contribution in [-0.4, -0.2) is 12.2 Å².